The number of carbonyl (C=O) groups is 2. The second kappa shape index (κ2) is 10.7. The number of alkyl halides is 3. The van der Waals surface area contributed by atoms with Crippen molar-refractivity contribution in [2.75, 3.05) is 40.6 Å². The fraction of sp³-hybridized carbons (Fsp3) is 0.444. The third-order valence-corrected chi connectivity index (χ3v) is 3.76. The molecular formula is C18H20F3N3O6. The minimum atomic E-state index is -4.72. The molecular weight excluding hydrogens is 411 g/mol. The van der Waals surface area contributed by atoms with Gasteiger partial charge in [0.2, 0.25) is 11.7 Å². The van der Waals surface area contributed by atoms with E-state index in [0.29, 0.717) is 11.1 Å². The number of hydrogen-bond acceptors (Lipinski definition) is 8. The number of amides is 1. The number of carbonyl (C=O) groups excluding carboxylic acids is 2. The van der Waals surface area contributed by atoms with Crippen molar-refractivity contribution in [3.05, 3.63) is 35.7 Å². The van der Waals surface area contributed by atoms with Gasteiger partial charge in [-0.05, 0) is 5.56 Å². The molecule has 0 unspecified atom stereocenters. The van der Waals surface area contributed by atoms with E-state index in [9.17, 15) is 22.8 Å². The van der Waals surface area contributed by atoms with Crippen molar-refractivity contribution < 1.29 is 41.5 Å². The number of ether oxygens (including phenoxy) is 3. The number of rotatable bonds is 10. The summed E-state index contributed by atoms with van der Waals surface area (Å²) < 4.78 is 56.4. The van der Waals surface area contributed by atoms with Gasteiger partial charge in [0.1, 0.15) is 19.8 Å². The monoisotopic (exact) mass is 431 g/mol. The molecule has 0 atom stereocenters. The van der Waals surface area contributed by atoms with Crippen molar-refractivity contribution in [3.63, 3.8) is 0 Å². The molecule has 0 aliphatic carbocycles. The Morgan fingerprint density at radius 1 is 1.10 bits per heavy atom. The van der Waals surface area contributed by atoms with Crippen LogP contribution in [0.25, 0.3) is 11.4 Å². The summed E-state index contributed by atoms with van der Waals surface area (Å²) in [6.45, 7) is -0.0882. The Morgan fingerprint density at radius 2 is 1.77 bits per heavy atom. The lowest BCUT2D eigenvalue weighted by molar-refractivity contribution is -0.159. The van der Waals surface area contributed by atoms with E-state index in [4.69, 9.17) is 9.47 Å². The van der Waals surface area contributed by atoms with E-state index < -0.39 is 18.0 Å². The lowest BCUT2D eigenvalue weighted by Gasteiger charge is -2.22. The third kappa shape index (κ3) is 6.81. The van der Waals surface area contributed by atoms with Gasteiger partial charge in [0.15, 0.2) is 0 Å². The molecule has 0 fully saturated rings. The largest absolute Gasteiger partial charge is 0.471 e. The molecule has 0 saturated carbocycles. The number of benzene rings is 1. The quantitative estimate of drug-likeness (QED) is 0.526. The first kappa shape index (κ1) is 23.3. The van der Waals surface area contributed by atoms with Gasteiger partial charge in [-0.15, -0.1) is 0 Å². The van der Waals surface area contributed by atoms with Crippen LogP contribution in [-0.2, 0) is 36.5 Å². The van der Waals surface area contributed by atoms with E-state index >= 15 is 0 Å². The third-order valence-electron chi connectivity index (χ3n) is 3.76. The Kier molecular flexibility index (Phi) is 8.30. The minimum absolute atomic E-state index is 0.0290. The molecule has 9 nitrogen and oxygen atoms in total. The summed E-state index contributed by atoms with van der Waals surface area (Å²) in [6.07, 6.45) is -4.72. The molecule has 0 aliphatic rings. The van der Waals surface area contributed by atoms with Crippen molar-refractivity contribution in [2.24, 2.45) is 0 Å². The van der Waals surface area contributed by atoms with Crippen LogP contribution in [0.1, 0.15) is 11.5 Å². The van der Waals surface area contributed by atoms with Crippen LogP contribution in [0.4, 0.5) is 13.2 Å². The van der Waals surface area contributed by atoms with E-state index in [0.717, 1.165) is 0 Å². The smallest absolute Gasteiger partial charge is 0.462 e. The van der Waals surface area contributed by atoms with E-state index in [2.05, 4.69) is 19.4 Å². The molecule has 30 heavy (non-hydrogen) atoms. The SMILES string of the molecule is COCC(=O)OCCN(Cc1ccc(-c2noc(C(F)(F)F)n2)cc1)C(=O)COC. The predicted octanol–water partition coefficient (Wildman–Crippen LogP) is 1.92. The second-order valence-electron chi connectivity index (χ2n) is 6.02. The normalized spacial score (nSPS) is 11.4. The fourth-order valence-corrected chi connectivity index (χ4v) is 2.37. The summed E-state index contributed by atoms with van der Waals surface area (Å²) in [7, 11) is 2.74. The van der Waals surface area contributed by atoms with Crippen LogP contribution in [0.2, 0.25) is 0 Å². The van der Waals surface area contributed by atoms with Gasteiger partial charge in [-0.3, -0.25) is 4.79 Å². The maximum Gasteiger partial charge on any atom is 0.471 e. The molecule has 1 amide bonds. The van der Waals surface area contributed by atoms with E-state index in [1.807, 2.05) is 0 Å². The van der Waals surface area contributed by atoms with Gasteiger partial charge in [0.05, 0.1) is 6.54 Å². The van der Waals surface area contributed by atoms with Gasteiger partial charge in [0, 0.05) is 26.3 Å². The number of esters is 1. The molecule has 0 saturated heterocycles. The van der Waals surface area contributed by atoms with Crippen molar-refractivity contribution in [1.29, 1.82) is 0 Å². The highest BCUT2D eigenvalue weighted by Crippen LogP contribution is 2.29. The number of aromatic nitrogens is 2. The first-order valence-electron chi connectivity index (χ1n) is 8.66. The van der Waals surface area contributed by atoms with E-state index in [1.54, 1.807) is 12.1 Å². The van der Waals surface area contributed by atoms with Crippen LogP contribution in [0, 0.1) is 0 Å². The first-order valence-corrected chi connectivity index (χ1v) is 8.66. The Hall–Kier alpha value is -2.99. The minimum Gasteiger partial charge on any atom is -0.462 e. The van der Waals surface area contributed by atoms with Gasteiger partial charge in [-0.25, -0.2) is 4.79 Å². The summed E-state index contributed by atoms with van der Waals surface area (Å²) >= 11 is 0. The number of methoxy groups -OCH3 is 2. The Labute approximate surface area is 169 Å². The van der Waals surface area contributed by atoms with Crippen molar-refractivity contribution >= 4 is 11.9 Å². The van der Waals surface area contributed by atoms with Crippen LogP contribution < -0.4 is 0 Å². The summed E-state index contributed by atoms with van der Waals surface area (Å²) in [5.74, 6) is -2.51. The summed E-state index contributed by atoms with van der Waals surface area (Å²) in [6, 6.07) is 6.25. The van der Waals surface area contributed by atoms with Gasteiger partial charge >= 0.3 is 18.0 Å². The molecule has 0 bridgehead atoms. The predicted molar refractivity (Wildman–Crippen MR) is 94.9 cm³/mol. The average Bonchev–Trinajstić information content (AvgIpc) is 3.19. The summed E-state index contributed by atoms with van der Waals surface area (Å²) in [5, 5.41) is 3.32. The fourth-order valence-electron chi connectivity index (χ4n) is 2.37. The Morgan fingerprint density at radius 3 is 2.33 bits per heavy atom. The molecule has 0 N–H and O–H groups in total. The van der Waals surface area contributed by atoms with Crippen molar-refractivity contribution in [2.45, 2.75) is 12.7 Å². The molecule has 1 heterocycles. The van der Waals surface area contributed by atoms with Gasteiger partial charge in [-0.2, -0.15) is 18.2 Å². The van der Waals surface area contributed by atoms with Gasteiger partial charge < -0.3 is 23.6 Å². The molecule has 164 valence electrons. The summed E-state index contributed by atoms with van der Waals surface area (Å²) in [5.41, 5.74) is 1.01. The first-order chi connectivity index (χ1) is 14.2. The van der Waals surface area contributed by atoms with Crippen LogP contribution in [0.5, 0.6) is 0 Å². The standard InChI is InChI=1S/C18H20F3N3O6/c1-27-10-14(25)24(7-8-29-15(26)11-28-2)9-12-3-5-13(6-4-12)16-22-17(30-23-16)18(19,20)21/h3-6H,7-11H2,1-2H3. The molecule has 0 spiro atoms. The van der Waals surface area contributed by atoms with Crippen LogP contribution in [0.3, 0.4) is 0 Å². The topological polar surface area (TPSA) is 104 Å². The molecule has 1 aromatic heterocycles. The second-order valence-corrected chi connectivity index (χ2v) is 6.02. The highest BCUT2D eigenvalue weighted by molar-refractivity contribution is 5.77. The zero-order chi connectivity index (χ0) is 22.1. The van der Waals surface area contributed by atoms with Crippen LogP contribution >= 0.6 is 0 Å². The zero-order valence-corrected chi connectivity index (χ0v) is 16.3. The Bertz CT molecular complexity index is 838. The van der Waals surface area contributed by atoms with E-state index in [1.165, 1.54) is 31.3 Å². The summed E-state index contributed by atoms with van der Waals surface area (Å²) in [4.78, 5) is 28.3. The van der Waals surface area contributed by atoms with Gasteiger partial charge in [-0.1, -0.05) is 29.4 Å². The maximum absolute atomic E-state index is 12.6. The van der Waals surface area contributed by atoms with E-state index in [-0.39, 0.29) is 44.6 Å². The van der Waals surface area contributed by atoms with Crippen LogP contribution in [0.15, 0.2) is 28.8 Å². The average molecular weight is 431 g/mol. The zero-order valence-electron chi connectivity index (χ0n) is 16.3. The molecule has 0 aliphatic heterocycles. The van der Waals surface area contributed by atoms with Crippen molar-refractivity contribution in [3.8, 4) is 11.4 Å². The highest BCUT2D eigenvalue weighted by atomic mass is 19.4. The molecule has 0 radical (unpaired) electrons. The molecule has 2 aromatic rings. The lowest BCUT2D eigenvalue weighted by atomic mass is 10.1. The van der Waals surface area contributed by atoms with Crippen molar-refractivity contribution in [1.82, 2.24) is 15.0 Å². The van der Waals surface area contributed by atoms with Crippen LogP contribution in [-0.4, -0.2) is 67.5 Å². The number of nitrogens with zero attached hydrogens (tertiary/aromatic N) is 3. The highest BCUT2D eigenvalue weighted by Gasteiger charge is 2.38. The molecule has 2 rings (SSSR count). The number of halogens is 3. The number of hydrogen-bond donors (Lipinski definition) is 0. The van der Waals surface area contributed by atoms with Gasteiger partial charge in [0.25, 0.3) is 0 Å². The molecule has 12 heteroatoms. The molecule has 1 aromatic carbocycles. The lowest BCUT2D eigenvalue weighted by Crippen LogP contribution is -2.36. The maximum atomic E-state index is 12.6. The Balaban J connectivity index is 2.03.